The standard InChI is InChI=1S/C21H28Cl2/c1-2-3-15-4-6-16(7-5-15)17-8-10-18(11-9-17)19-12-13-20(22)21(23)14-19/h2-3,12-18H,4-11H2,1H3/b3-2+/t15-,16-,17?,18?. The molecule has 2 aliphatic carbocycles. The summed E-state index contributed by atoms with van der Waals surface area (Å²) in [5.41, 5.74) is 1.38. The molecular formula is C21H28Cl2. The largest absolute Gasteiger partial charge is 0.0914 e. The summed E-state index contributed by atoms with van der Waals surface area (Å²) in [4.78, 5) is 0. The number of allylic oxidation sites excluding steroid dienone is 2. The number of rotatable bonds is 3. The molecule has 23 heavy (non-hydrogen) atoms. The summed E-state index contributed by atoms with van der Waals surface area (Å²) in [6, 6.07) is 6.20. The highest BCUT2D eigenvalue weighted by Crippen LogP contribution is 2.44. The summed E-state index contributed by atoms with van der Waals surface area (Å²) >= 11 is 12.2. The van der Waals surface area contributed by atoms with Gasteiger partial charge in [0.15, 0.2) is 0 Å². The maximum atomic E-state index is 6.19. The van der Waals surface area contributed by atoms with Gasteiger partial charge in [0.05, 0.1) is 10.0 Å². The van der Waals surface area contributed by atoms with Gasteiger partial charge in [-0.05, 0) is 99.7 Å². The molecule has 2 saturated carbocycles. The molecule has 2 fully saturated rings. The zero-order valence-electron chi connectivity index (χ0n) is 14.1. The van der Waals surface area contributed by atoms with Crippen molar-refractivity contribution < 1.29 is 0 Å². The van der Waals surface area contributed by atoms with Crippen LogP contribution >= 0.6 is 23.2 Å². The Morgan fingerprint density at radius 1 is 0.826 bits per heavy atom. The van der Waals surface area contributed by atoms with Gasteiger partial charge in [0.25, 0.3) is 0 Å². The van der Waals surface area contributed by atoms with Gasteiger partial charge >= 0.3 is 0 Å². The van der Waals surface area contributed by atoms with E-state index in [1.54, 1.807) is 0 Å². The lowest BCUT2D eigenvalue weighted by Gasteiger charge is -2.37. The first-order valence-electron chi connectivity index (χ1n) is 9.25. The van der Waals surface area contributed by atoms with E-state index in [2.05, 4.69) is 31.2 Å². The maximum absolute atomic E-state index is 6.19. The lowest BCUT2D eigenvalue weighted by atomic mass is 9.68. The quantitative estimate of drug-likeness (QED) is 0.491. The van der Waals surface area contributed by atoms with Crippen LogP contribution in [0.15, 0.2) is 30.4 Å². The van der Waals surface area contributed by atoms with Crippen molar-refractivity contribution in [3.8, 4) is 0 Å². The van der Waals surface area contributed by atoms with Crippen LogP contribution in [0.4, 0.5) is 0 Å². The molecule has 0 aromatic heterocycles. The fraction of sp³-hybridized carbons (Fsp3) is 0.619. The van der Waals surface area contributed by atoms with Gasteiger partial charge in [0.1, 0.15) is 0 Å². The van der Waals surface area contributed by atoms with E-state index in [-0.39, 0.29) is 0 Å². The van der Waals surface area contributed by atoms with E-state index in [9.17, 15) is 0 Å². The van der Waals surface area contributed by atoms with Gasteiger partial charge < -0.3 is 0 Å². The van der Waals surface area contributed by atoms with Crippen molar-refractivity contribution in [2.45, 2.75) is 64.2 Å². The maximum Gasteiger partial charge on any atom is 0.0595 e. The van der Waals surface area contributed by atoms with Crippen molar-refractivity contribution in [2.24, 2.45) is 17.8 Å². The molecule has 126 valence electrons. The molecule has 0 heterocycles. The van der Waals surface area contributed by atoms with Gasteiger partial charge in [-0.1, -0.05) is 41.4 Å². The van der Waals surface area contributed by atoms with Crippen LogP contribution in [0.3, 0.4) is 0 Å². The van der Waals surface area contributed by atoms with Crippen molar-refractivity contribution in [3.05, 3.63) is 46.0 Å². The minimum atomic E-state index is 0.669. The Morgan fingerprint density at radius 3 is 2.00 bits per heavy atom. The lowest BCUT2D eigenvalue weighted by molar-refractivity contribution is 0.171. The van der Waals surface area contributed by atoms with Crippen molar-refractivity contribution in [2.75, 3.05) is 0 Å². The van der Waals surface area contributed by atoms with Gasteiger partial charge in [-0.15, -0.1) is 0 Å². The Bertz CT molecular complexity index is 533. The van der Waals surface area contributed by atoms with Crippen molar-refractivity contribution in [3.63, 3.8) is 0 Å². The molecule has 0 nitrogen and oxygen atoms in total. The molecule has 0 atom stereocenters. The number of benzene rings is 1. The highest BCUT2D eigenvalue weighted by molar-refractivity contribution is 6.42. The molecule has 1 aromatic rings. The summed E-state index contributed by atoms with van der Waals surface area (Å²) in [5, 5.41) is 1.37. The third-order valence-corrected chi connectivity index (χ3v) is 6.87. The molecule has 0 bridgehead atoms. The molecule has 1 aromatic carbocycles. The summed E-state index contributed by atoms with van der Waals surface area (Å²) < 4.78 is 0. The van der Waals surface area contributed by atoms with Crippen LogP contribution in [-0.2, 0) is 0 Å². The molecule has 0 spiro atoms. The second-order valence-corrected chi connectivity index (χ2v) is 8.30. The first-order chi connectivity index (χ1) is 11.2. The first kappa shape index (κ1) is 17.4. The molecule has 0 aliphatic heterocycles. The Kier molecular flexibility index (Phi) is 6.10. The second kappa shape index (κ2) is 8.08. The minimum absolute atomic E-state index is 0.669. The van der Waals surface area contributed by atoms with E-state index in [1.165, 1.54) is 56.9 Å². The summed E-state index contributed by atoms with van der Waals surface area (Å²) in [7, 11) is 0. The van der Waals surface area contributed by atoms with Crippen molar-refractivity contribution >= 4 is 23.2 Å². The minimum Gasteiger partial charge on any atom is -0.0914 e. The fourth-order valence-electron chi connectivity index (χ4n) is 4.77. The van der Waals surface area contributed by atoms with Crippen LogP contribution < -0.4 is 0 Å². The van der Waals surface area contributed by atoms with E-state index in [4.69, 9.17) is 23.2 Å². The normalized spacial score (nSPS) is 32.3. The molecule has 0 radical (unpaired) electrons. The Morgan fingerprint density at radius 2 is 1.43 bits per heavy atom. The number of hydrogen-bond acceptors (Lipinski definition) is 0. The van der Waals surface area contributed by atoms with E-state index in [1.807, 2.05) is 6.07 Å². The average Bonchev–Trinajstić information content (AvgIpc) is 2.59. The topological polar surface area (TPSA) is 0 Å². The van der Waals surface area contributed by atoms with Crippen molar-refractivity contribution in [1.29, 1.82) is 0 Å². The van der Waals surface area contributed by atoms with Gasteiger partial charge in [0, 0.05) is 0 Å². The van der Waals surface area contributed by atoms with Gasteiger partial charge in [-0.25, -0.2) is 0 Å². The van der Waals surface area contributed by atoms with E-state index < -0.39 is 0 Å². The fourth-order valence-corrected chi connectivity index (χ4v) is 5.08. The molecule has 3 rings (SSSR count). The van der Waals surface area contributed by atoms with Gasteiger partial charge in [-0.3, -0.25) is 0 Å². The van der Waals surface area contributed by atoms with Crippen LogP contribution in [0.5, 0.6) is 0 Å². The van der Waals surface area contributed by atoms with Crippen molar-refractivity contribution in [1.82, 2.24) is 0 Å². The van der Waals surface area contributed by atoms with Crippen LogP contribution in [0.25, 0.3) is 0 Å². The van der Waals surface area contributed by atoms with Crippen LogP contribution in [0.1, 0.15) is 69.8 Å². The Labute approximate surface area is 151 Å². The molecule has 0 saturated heterocycles. The second-order valence-electron chi connectivity index (χ2n) is 7.49. The van der Waals surface area contributed by atoms with E-state index in [0.717, 1.165) is 17.8 Å². The monoisotopic (exact) mass is 350 g/mol. The molecule has 0 unspecified atom stereocenters. The molecule has 2 aliphatic rings. The third kappa shape index (κ3) is 4.34. The van der Waals surface area contributed by atoms with Crippen LogP contribution in [-0.4, -0.2) is 0 Å². The predicted octanol–water partition coefficient (Wildman–Crippen LogP) is 7.65. The number of hydrogen-bond donors (Lipinski definition) is 0. The van der Waals surface area contributed by atoms with E-state index in [0.29, 0.717) is 16.0 Å². The highest BCUT2D eigenvalue weighted by Gasteiger charge is 2.30. The van der Waals surface area contributed by atoms with Gasteiger partial charge in [-0.2, -0.15) is 0 Å². The number of halogens is 2. The average molecular weight is 351 g/mol. The lowest BCUT2D eigenvalue weighted by Crippen LogP contribution is -2.25. The van der Waals surface area contributed by atoms with Crippen LogP contribution in [0, 0.1) is 17.8 Å². The summed E-state index contributed by atoms with van der Waals surface area (Å²) in [6.07, 6.45) is 15.8. The SMILES string of the molecule is C/C=C/[C@H]1CC[C@H](C2CCC(c3ccc(Cl)c(Cl)c3)CC2)CC1. The smallest absolute Gasteiger partial charge is 0.0595 e. The zero-order valence-corrected chi connectivity index (χ0v) is 15.6. The highest BCUT2D eigenvalue weighted by atomic mass is 35.5. The van der Waals surface area contributed by atoms with Crippen LogP contribution in [0.2, 0.25) is 10.0 Å². The molecule has 0 amide bonds. The Balaban J connectivity index is 1.51. The summed E-state index contributed by atoms with van der Waals surface area (Å²) in [6.45, 7) is 2.15. The molecule has 0 N–H and O–H groups in total. The molecular weight excluding hydrogens is 323 g/mol. The van der Waals surface area contributed by atoms with E-state index >= 15 is 0 Å². The molecule has 2 heteroatoms. The predicted molar refractivity (Wildman–Crippen MR) is 101 cm³/mol. The first-order valence-corrected chi connectivity index (χ1v) is 10.0. The summed E-state index contributed by atoms with van der Waals surface area (Å²) in [5.74, 6) is 3.47. The Hall–Kier alpha value is -0.460. The zero-order chi connectivity index (χ0) is 16.2. The third-order valence-electron chi connectivity index (χ3n) is 6.13. The van der Waals surface area contributed by atoms with Gasteiger partial charge in [0.2, 0.25) is 0 Å².